The number of nitriles is 1. The Balaban J connectivity index is 2.60. The van der Waals surface area contributed by atoms with Crippen molar-refractivity contribution in [2.45, 2.75) is 12.8 Å². The number of thiocarbonyl (C=S) groups is 1. The molecule has 0 radical (unpaired) electrons. The third-order valence-corrected chi connectivity index (χ3v) is 1.91. The van der Waals surface area contributed by atoms with E-state index in [2.05, 4.69) is 12.2 Å². The first kappa shape index (κ1) is 9.69. The Hall–Kier alpha value is -1.40. The predicted molar refractivity (Wildman–Crippen MR) is 54.7 cm³/mol. The van der Waals surface area contributed by atoms with Gasteiger partial charge in [0.25, 0.3) is 0 Å². The maximum atomic E-state index is 8.79. The number of benzene rings is 1. The highest BCUT2D eigenvalue weighted by atomic mass is 32.1. The first-order chi connectivity index (χ1) is 6.22. The Bertz CT molecular complexity index is 337. The van der Waals surface area contributed by atoms with E-state index in [-0.39, 0.29) is 5.05 Å². The molecule has 1 aromatic carbocycles. The lowest BCUT2D eigenvalue weighted by atomic mass is 10.1. The van der Waals surface area contributed by atoms with Crippen molar-refractivity contribution in [3.05, 3.63) is 35.4 Å². The molecule has 0 aliphatic rings. The van der Waals surface area contributed by atoms with Gasteiger partial charge < -0.3 is 5.11 Å². The highest BCUT2D eigenvalue weighted by molar-refractivity contribution is 7.80. The average molecular weight is 191 g/mol. The van der Waals surface area contributed by atoms with E-state index < -0.39 is 0 Å². The first-order valence-corrected chi connectivity index (χ1v) is 4.34. The molecule has 0 fully saturated rings. The molecule has 0 atom stereocenters. The fourth-order valence-electron chi connectivity index (χ4n) is 0.997. The van der Waals surface area contributed by atoms with Gasteiger partial charge >= 0.3 is 0 Å². The maximum Gasteiger partial charge on any atom is 0.156 e. The van der Waals surface area contributed by atoms with Gasteiger partial charge in [-0.2, -0.15) is 5.26 Å². The number of aliphatic hydroxyl groups excluding tert-OH is 1. The van der Waals surface area contributed by atoms with Crippen LogP contribution in [0.3, 0.4) is 0 Å². The molecule has 13 heavy (non-hydrogen) atoms. The van der Waals surface area contributed by atoms with E-state index >= 15 is 0 Å². The molecule has 0 saturated carbocycles. The molecule has 66 valence electrons. The van der Waals surface area contributed by atoms with Gasteiger partial charge in [-0.15, -0.1) is 0 Å². The lowest BCUT2D eigenvalue weighted by Crippen LogP contribution is -1.94. The van der Waals surface area contributed by atoms with Gasteiger partial charge in [0.1, 0.15) is 0 Å². The number of hydrogen-bond donors (Lipinski definition) is 1. The number of aliphatic hydroxyl groups is 1. The predicted octanol–water partition coefficient (Wildman–Crippen LogP) is 2.38. The standard InChI is InChI=1S/C10H9NOS/c11-7-9-3-1-8(2-4-9)5-6-10(12)13/h1-4H,5-6H2,(H,12,13). The van der Waals surface area contributed by atoms with E-state index in [1.807, 2.05) is 18.2 Å². The Morgan fingerprint density at radius 3 is 2.46 bits per heavy atom. The summed E-state index contributed by atoms with van der Waals surface area (Å²) in [6, 6.07) is 9.31. The summed E-state index contributed by atoms with van der Waals surface area (Å²) in [5.74, 6) is 0. The fourth-order valence-corrected chi connectivity index (χ4v) is 1.10. The largest absolute Gasteiger partial charge is 0.502 e. The third-order valence-electron chi connectivity index (χ3n) is 1.71. The van der Waals surface area contributed by atoms with E-state index in [1.165, 1.54) is 0 Å². The van der Waals surface area contributed by atoms with Crippen molar-refractivity contribution in [3.8, 4) is 6.07 Å². The number of nitrogens with zero attached hydrogens (tertiary/aromatic N) is 1. The van der Waals surface area contributed by atoms with Crippen molar-refractivity contribution in [2.24, 2.45) is 0 Å². The lowest BCUT2D eigenvalue weighted by molar-refractivity contribution is 0.548. The lowest BCUT2D eigenvalue weighted by Gasteiger charge is -1.98. The fraction of sp³-hybridized carbons (Fsp3) is 0.200. The van der Waals surface area contributed by atoms with Crippen LogP contribution >= 0.6 is 12.2 Å². The van der Waals surface area contributed by atoms with Crippen LogP contribution in [0.2, 0.25) is 0 Å². The van der Waals surface area contributed by atoms with Gasteiger partial charge in [0.05, 0.1) is 11.6 Å². The van der Waals surface area contributed by atoms with E-state index in [1.54, 1.807) is 12.1 Å². The van der Waals surface area contributed by atoms with Crippen LogP contribution in [0, 0.1) is 11.3 Å². The Morgan fingerprint density at radius 1 is 1.38 bits per heavy atom. The minimum atomic E-state index is 0.0318. The maximum absolute atomic E-state index is 8.79. The van der Waals surface area contributed by atoms with E-state index in [4.69, 9.17) is 10.4 Å². The van der Waals surface area contributed by atoms with Crippen molar-refractivity contribution in [1.82, 2.24) is 0 Å². The molecule has 0 bridgehead atoms. The second kappa shape index (κ2) is 4.58. The molecule has 3 heteroatoms. The van der Waals surface area contributed by atoms with Crippen molar-refractivity contribution >= 4 is 17.3 Å². The minimum absolute atomic E-state index is 0.0318. The summed E-state index contributed by atoms with van der Waals surface area (Å²) < 4.78 is 0. The summed E-state index contributed by atoms with van der Waals surface area (Å²) in [6.07, 6.45) is 1.22. The van der Waals surface area contributed by atoms with Crippen LogP contribution in [-0.2, 0) is 6.42 Å². The Morgan fingerprint density at radius 2 is 2.00 bits per heavy atom. The molecule has 0 spiro atoms. The summed E-state index contributed by atoms with van der Waals surface area (Å²) in [7, 11) is 0. The zero-order valence-corrected chi connectivity index (χ0v) is 7.84. The van der Waals surface area contributed by atoms with Crippen molar-refractivity contribution in [2.75, 3.05) is 0 Å². The zero-order valence-electron chi connectivity index (χ0n) is 7.03. The van der Waals surface area contributed by atoms with Crippen LogP contribution in [0.4, 0.5) is 0 Å². The van der Waals surface area contributed by atoms with Crippen LogP contribution in [0.1, 0.15) is 17.5 Å². The number of aryl methyl sites for hydroxylation is 1. The summed E-state index contributed by atoms with van der Waals surface area (Å²) in [4.78, 5) is 0. The molecule has 0 aromatic heterocycles. The Kier molecular flexibility index (Phi) is 3.41. The molecule has 0 heterocycles. The minimum Gasteiger partial charge on any atom is -0.502 e. The molecule has 0 aliphatic heterocycles. The summed E-state index contributed by atoms with van der Waals surface area (Å²) in [5, 5.41) is 17.4. The molecule has 1 rings (SSSR count). The molecule has 0 saturated heterocycles. The molecule has 0 unspecified atom stereocenters. The van der Waals surface area contributed by atoms with Gasteiger partial charge in [-0.3, -0.25) is 0 Å². The van der Waals surface area contributed by atoms with Gasteiger partial charge in [0.15, 0.2) is 5.05 Å². The summed E-state index contributed by atoms with van der Waals surface area (Å²) >= 11 is 4.55. The van der Waals surface area contributed by atoms with Crippen LogP contribution in [0.15, 0.2) is 24.3 Å². The highest BCUT2D eigenvalue weighted by Crippen LogP contribution is 2.05. The summed E-state index contributed by atoms with van der Waals surface area (Å²) in [6.45, 7) is 0. The smallest absolute Gasteiger partial charge is 0.156 e. The third kappa shape index (κ3) is 3.22. The monoisotopic (exact) mass is 191 g/mol. The molecule has 0 aliphatic carbocycles. The van der Waals surface area contributed by atoms with Crippen LogP contribution < -0.4 is 0 Å². The van der Waals surface area contributed by atoms with Crippen molar-refractivity contribution in [1.29, 1.82) is 5.26 Å². The van der Waals surface area contributed by atoms with Gasteiger partial charge in [0, 0.05) is 6.42 Å². The highest BCUT2D eigenvalue weighted by Gasteiger charge is 1.96. The first-order valence-electron chi connectivity index (χ1n) is 3.93. The van der Waals surface area contributed by atoms with Gasteiger partial charge in [-0.1, -0.05) is 12.1 Å². The van der Waals surface area contributed by atoms with Gasteiger partial charge in [-0.05, 0) is 36.3 Å². The van der Waals surface area contributed by atoms with Crippen molar-refractivity contribution in [3.63, 3.8) is 0 Å². The molecule has 2 nitrogen and oxygen atoms in total. The van der Waals surface area contributed by atoms with E-state index in [0.717, 1.165) is 12.0 Å². The molecular weight excluding hydrogens is 182 g/mol. The quantitative estimate of drug-likeness (QED) is 0.746. The van der Waals surface area contributed by atoms with Crippen LogP contribution in [-0.4, -0.2) is 10.2 Å². The summed E-state index contributed by atoms with van der Waals surface area (Å²) in [5.41, 5.74) is 1.73. The Labute approximate surface area is 82.4 Å². The number of hydrogen-bond acceptors (Lipinski definition) is 2. The van der Waals surface area contributed by atoms with Crippen molar-refractivity contribution < 1.29 is 5.11 Å². The number of rotatable bonds is 3. The van der Waals surface area contributed by atoms with Gasteiger partial charge in [0.2, 0.25) is 0 Å². The van der Waals surface area contributed by atoms with E-state index in [0.29, 0.717) is 12.0 Å². The normalized spacial score (nSPS) is 9.15. The van der Waals surface area contributed by atoms with E-state index in [9.17, 15) is 0 Å². The average Bonchev–Trinajstić information content (AvgIpc) is 2.15. The molecular formula is C10H9NOS. The molecule has 1 N–H and O–H groups in total. The second-order valence-corrected chi connectivity index (χ2v) is 3.17. The van der Waals surface area contributed by atoms with Crippen LogP contribution in [0.25, 0.3) is 0 Å². The zero-order chi connectivity index (χ0) is 9.68. The second-order valence-electron chi connectivity index (χ2n) is 2.70. The van der Waals surface area contributed by atoms with Crippen LogP contribution in [0.5, 0.6) is 0 Å². The van der Waals surface area contributed by atoms with Gasteiger partial charge in [-0.25, -0.2) is 0 Å². The molecule has 0 amide bonds. The molecule has 1 aromatic rings. The SMILES string of the molecule is N#Cc1ccc(CCC(O)=S)cc1. The topological polar surface area (TPSA) is 44.0 Å².